The molecule has 0 unspecified atom stereocenters. The van der Waals surface area contributed by atoms with Gasteiger partial charge in [-0.25, -0.2) is 4.98 Å². The van der Waals surface area contributed by atoms with Crippen molar-refractivity contribution in [2.75, 3.05) is 38.0 Å². The first kappa shape index (κ1) is 18.4. The van der Waals surface area contributed by atoms with Crippen LogP contribution in [0, 0.1) is 0 Å². The summed E-state index contributed by atoms with van der Waals surface area (Å²) in [6.07, 6.45) is 5.74. The molecule has 0 saturated carbocycles. The van der Waals surface area contributed by atoms with Gasteiger partial charge in [0.15, 0.2) is 5.69 Å². The fourth-order valence-corrected chi connectivity index (χ4v) is 3.57. The number of amides is 1. The molecule has 4 rings (SSSR count). The maximum absolute atomic E-state index is 12.6. The fraction of sp³-hybridized carbons (Fsp3) is 0.400. The molecule has 1 amide bonds. The SMILES string of the molecule is Cn1cc(CCNc2ccc(C(=O)N3CCCNCC3)nn2)c2cccnc21. The van der Waals surface area contributed by atoms with Crippen LogP contribution < -0.4 is 10.6 Å². The Labute approximate surface area is 164 Å². The van der Waals surface area contributed by atoms with Crippen LogP contribution >= 0.6 is 0 Å². The van der Waals surface area contributed by atoms with Crippen LogP contribution in [0.5, 0.6) is 0 Å². The third-order valence-electron chi connectivity index (χ3n) is 5.03. The Morgan fingerprint density at radius 2 is 2.14 bits per heavy atom. The van der Waals surface area contributed by atoms with Gasteiger partial charge in [-0.2, -0.15) is 0 Å². The molecular weight excluding hydrogens is 354 g/mol. The van der Waals surface area contributed by atoms with Gasteiger partial charge in [-0.05, 0) is 49.2 Å². The largest absolute Gasteiger partial charge is 0.368 e. The minimum absolute atomic E-state index is 0.0500. The number of hydrogen-bond donors (Lipinski definition) is 2. The lowest BCUT2D eigenvalue weighted by Gasteiger charge is -2.19. The second kappa shape index (κ2) is 8.35. The highest BCUT2D eigenvalue weighted by molar-refractivity contribution is 5.92. The summed E-state index contributed by atoms with van der Waals surface area (Å²) in [5, 5.41) is 16.1. The van der Waals surface area contributed by atoms with Crippen molar-refractivity contribution in [3.05, 3.63) is 47.9 Å². The van der Waals surface area contributed by atoms with Crippen molar-refractivity contribution in [3.63, 3.8) is 0 Å². The first-order valence-corrected chi connectivity index (χ1v) is 9.69. The Morgan fingerprint density at radius 1 is 1.21 bits per heavy atom. The Kier molecular flexibility index (Phi) is 5.48. The highest BCUT2D eigenvalue weighted by atomic mass is 16.2. The summed E-state index contributed by atoms with van der Waals surface area (Å²) in [5.41, 5.74) is 2.63. The first-order chi connectivity index (χ1) is 13.7. The van der Waals surface area contributed by atoms with Crippen LogP contribution in [0.25, 0.3) is 11.0 Å². The molecule has 146 valence electrons. The van der Waals surface area contributed by atoms with Gasteiger partial charge in [-0.3, -0.25) is 4.79 Å². The summed E-state index contributed by atoms with van der Waals surface area (Å²) in [7, 11) is 2.01. The van der Waals surface area contributed by atoms with Crippen LogP contribution in [0.15, 0.2) is 36.7 Å². The van der Waals surface area contributed by atoms with Crippen LogP contribution in [0.4, 0.5) is 5.82 Å². The number of carbonyl (C=O) groups excluding carboxylic acids is 1. The predicted molar refractivity (Wildman–Crippen MR) is 108 cm³/mol. The summed E-state index contributed by atoms with van der Waals surface area (Å²) >= 11 is 0. The standard InChI is InChI=1S/C20H25N7O/c1-26-14-15(16-4-2-9-23-19(16)26)7-10-22-18-6-5-17(24-25-18)20(28)27-12-3-8-21-11-13-27/h2,4-6,9,14,21H,3,7-8,10-13H2,1H3,(H,22,25). The number of carbonyl (C=O) groups is 1. The van der Waals surface area contributed by atoms with E-state index in [0.717, 1.165) is 44.7 Å². The van der Waals surface area contributed by atoms with Gasteiger partial charge in [-0.15, -0.1) is 10.2 Å². The number of nitrogens with zero attached hydrogens (tertiary/aromatic N) is 5. The molecule has 0 spiro atoms. The summed E-state index contributed by atoms with van der Waals surface area (Å²) in [4.78, 5) is 18.8. The van der Waals surface area contributed by atoms with Crippen molar-refractivity contribution in [2.45, 2.75) is 12.8 Å². The minimum atomic E-state index is -0.0500. The van der Waals surface area contributed by atoms with Gasteiger partial charge in [0.2, 0.25) is 0 Å². The monoisotopic (exact) mass is 379 g/mol. The van der Waals surface area contributed by atoms with Crippen LogP contribution in [0.3, 0.4) is 0 Å². The van der Waals surface area contributed by atoms with E-state index in [1.807, 2.05) is 34.8 Å². The smallest absolute Gasteiger partial charge is 0.274 e. The van der Waals surface area contributed by atoms with E-state index < -0.39 is 0 Å². The van der Waals surface area contributed by atoms with E-state index >= 15 is 0 Å². The molecule has 0 aromatic carbocycles. The van der Waals surface area contributed by atoms with Crippen molar-refractivity contribution in [1.82, 2.24) is 30.0 Å². The molecule has 8 heteroatoms. The zero-order chi connectivity index (χ0) is 19.3. The molecule has 0 bridgehead atoms. The van der Waals surface area contributed by atoms with Crippen molar-refractivity contribution in [3.8, 4) is 0 Å². The Balaban J connectivity index is 1.35. The Morgan fingerprint density at radius 3 is 3.00 bits per heavy atom. The number of nitrogens with one attached hydrogen (secondary N) is 2. The molecule has 1 aliphatic rings. The van der Waals surface area contributed by atoms with Gasteiger partial charge in [0.05, 0.1) is 0 Å². The second-order valence-electron chi connectivity index (χ2n) is 7.02. The molecule has 0 aliphatic carbocycles. The Hall–Kier alpha value is -3.00. The number of pyridine rings is 1. The third kappa shape index (κ3) is 3.96. The fourth-order valence-electron chi connectivity index (χ4n) is 3.57. The van der Waals surface area contributed by atoms with Gasteiger partial charge in [-0.1, -0.05) is 0 Å². The van der Waals surface area contributed by atoms with Gasteiger partial charge < -0.3 is 20.1 Å². The molecule has 0 radical (unpaired) electrons. The van der Waals surface area contributed by atoms with Crippen molar-refractivity contribution >= 4 is 22.8 Å². The second-order valence-corrected chi connectivity index (χ2v) is 7.02. The molecule has 3 aromatic rings. The lowest BCUT2D eigenvalue weighted by Crippen LogP contribution is -2.34. The molecule has 8 nitrogen and oxygen atoms in total. The van der Waals surface area contributed by atoms with Gasteiger partial charge in [0.1, 0.15) is 11.5 Å². The first-order valence-electron chi connectivity index (χ1n) is 9.69. The van der Waals surface area contributed by atoms with Crippen molar-refractivity contribution < 1.29 is 4.79 Å². The van der Waals surface area contributed by atoms with E-state index in [-0.39, 0.29) is 5.91 Å². The van der Waals surface area contributed by atoms with Crippen LogP contribution in [-0.4, -0.2) is 63.3 Å². The molecular formula is C20H25N7O. The molecule has 1 saturated heterocycles. The van der Waals surface area contributed by atoms with Crippen molar-refractivity contribution in [2.24, 2.45) is 7.05 Å². The summed E-state index contributed by atoms with van der Waals surface area (Å²) in [6.45, 7) is 3.97. The average molecular weight is 379 g/mol. The average Bonchev–Trinajstić information content (AvgIpc) is 2.90. The molecule has 3 aromatic heterocycles. The van der Waals surface area contributed by atoms with E-state index in [1.54, 1.807) is 6.07 Å². The lowest BCUT2D eigenvalue weighted by atomic mass is 10.1. The topological polar surface area (TPSA) is 88.0 Å². The highest BCUT2D eigenvalue weighted by Crippen LogP contribution is 2.18. The van der Waals surface area contributed by atoms with Crippen molar-refractivity contribution in [1.29, 1.82) is 0 Å². The lowest BCUT2D eigenvalue weighted by molar-refractivity contribution is 0.0759. The van der Waals surface area contributed by atoms with E-state index in [0.29, 0.717) is 18.1 Å². The quantitative estimate of drug-likeness (QED) is 0.698. The number of aromatic nitrogens is 4. The third-order valence-corrected chi connectivity index (χ3v) is 5.03. The molecule has 1 aliphatic heterocycles. The number of aryl methyl sites for hydroxylation is 1. The highest BCUT2D eigenvalue weighted by Gasteiger charge is 2.18. The molecule has 2 N–H and O–H groups in total. The maximum atomic E-state index is 12.6. The van der Waals surface area contributed by atoms with Gasteiger partial charge in [0.25, 0.3) is 5.91 Å². The van der Waals surface area contributed by atoms with Crippen LogP contribution in [0.1, 0.15) is 22.5 Å². The maximum Gasteiger partial charge on any atom is 0.274 e. The van der Waals surface area contributed by atoms with Gasteiger partial charge in [0, 0.05) is 51.0 Å². The number of fused-ring (bicyclic) bond motifs is 1. The van der Waals surface area contributed by atoms with E-state index in [4.69, 9.17) is 0 Å². The van der Waals surface area contributed by atoms with Crippen LogP contribution in [-0.2, 0) is 13.5 Å². The summed E-state index contributed by atoms with van der Waals surface area (Å²) < 4.78 is 2.04. The number of rotatable bonds is 5. The zero-order valence-corrected chi connectivity index (χ0v) is 16.1. The predicted octanol–water partition coefficient (Wildman–Crippen LogP) is 1.45. The van der Waals surface area contributed by atoms with E-state index in [2.05, 4.69) is 38.1 Å². The minimum Gasteiger partial charge on any atom is -0.368 e. The number of hydrogen-bond acceptors (Lipinski definition) is 6. The number of anilines is 1. The molecule has 1 fully saturated rings. The summed E-state index contributed by atoms with van der Waals surface area (Å²) in [5.74, 6) is 0.624. The van der Waals surface area contributed by atoms with E-state index in [1.165, 1.54) is 10.9 Å². The van der Waals surface area contributed by atoms with Gasteiger partial charge >= 0.3 is 0 Å². The Bertz CT molecular complexity index is 943. The normalized spacial score (nSPS) is 14.8. The zero-order valence-electron chi connectivity index (χ0n) is 16.1. The van der Waals surface area contributed by atoms with Crippen LogP contribution in [0.2, 0.25) is 0 Å². The molecule has 28 heavy (non-hydrogen) atoms. The molecule has 4 heterocycles. The van der Waals surface area contributed by atoms with E-state index in [9.17, 15) is 4.79 Å². The molecule has 0 atom stereocenters. The summed E-state index contributed by atoms with van der Waals surface area (Å²) in [6, 6.07) is 7.62.